The van der Waals surface area contributed by atoms with Crippen LogP contribution in [0.25, 0.3) is 0 Å². The lowest BCUT2D eigenvalue weighted by Gasteiger charge is -2.39. The summed E-state index contributed by atoms with van der Waals surface area (Å²) in [6, 6.07) is 0. The number of hydrogen-bond acceptors (Lipinski definition) is 3. The van der Waals surface area contributed by atoms with Gasteiger partial charge in [-0.25, -0.2) is 4.59 Å². The summed E-state index contributed by atoms with van der Waals surface area (Å²) in [5, 5.41) is 0. The first-order chi connectivity index (χ1) is 6.58. The fourth-order valence-electron chi connectivity index (χ4n) is 1.23. The molecular weight excluding hydrogens is 176 g/mol. The van der Waals surface area contributed by atoms with Crippen molar-refractivity contribution in [2.75, 3.05) is 54.4 Å². The Kier molecular flexibility index (Phi) is 6.70. The Morgan fingerprint density at radius 1 is 1.36 bits per heavy atom. The maximum Gasteiger partial charge on any atom is 0.109 e. The third kappa shape index (κ3) is 5.32. The van der Waals surface area contributed by atoms with Gasteiger partial charge in [-0.3, -0.25) is 4.90 Å². The van der Waals surface area contributed by atoms with E-state index in [0.717, 1.165) is 4.59 Å². The number of hydrogen-bond donors (Lipinski definition) is 1. The van der Waals surface area contributed by atoms with Gasteiger partial charge in [0.25, 0.3) is 0 Å². The van der Waals surface area contributed by atoms with E-state index in [9.17, 15) is 0 Å². The first kappa shape index (κ1) is 13.5. The number of quaternary nitrogens is 1. The Hall–Kier alpha value is -0.450. The lowest BCUT2D eigenvalue weighted by Crippen LogP contribution is -2.62. The molecule has 0 unspecified atom stereocenters. The summed E-state index contributed by atoms with van der Waals surface area (Å²) in [6.07, 6.45) is 1.75. The van der Waals surface area contributed by atoms with Crippen molar-refractivity contribution in [3.63, 3.8) is 0 Å². The van der Waals surface area contributed by atoms with Crippen LogP contribution in [-0.2, 0) is 0 Å². The predicted molar refractivity (Wildman–Crippen MR) is 62.6 cm³/mol. The molecule has 4 heteroatoms. The summed E-state index contributed by atoms with van der Waals surface area (Å²) < 4.78 is 1.02. The zero-order valence-corrected chi connectivity index (χ0v) is 10.2. The molecule has 0 aromatic rings. The first-order valence-corrected chi connectivity index (χ1v) is 5.17. The number of piperazine rings is 1. The van der Waals surface area contributed by atoms with Crippen LogP contribution in [0.4, 0.5) is 0 Å². The molecule has 0 radical (unpaired) electrons. The van der Waals surface area contributed by atoms with Crippen LogP contribution in [0.3, 0.4) is 0 Å². The zero-order valence-electron chi connectivity index (χ0n) is 10.2. The van der Waals surface area contributed by atoms with E-state index in [-0.39, 0.29) is 0 Å². The predicted octanol–water partition coefficient (Wildman–Crippen LogP) is 0.220. The molecule has 1 heterocycles. The van der Waals surface area contributed by atoms with E-state index in [2.05, 4.69) is 29.4 Å². The summed E-state index contributed by atoms with van der Waals surface area (Å²) >= 11 is 0. The molecule has 4 nitrogen and oxygen atoms in total. The van der Waals surface area contributed by atoms with E-state index in [1.165, 1.54) is 26.2 Å². The maximum absolute atomic E-state index is 3.61. The first-order valence-electron chi connectivity index (χ1n) is 5.17. The molecule has 1 N–H and O–H groups in total. The molecule has 14 heavy (non-hydrogen) atoms. The molecule has 0 aliphatic carbocycles. The van der Waals surface area contributed by atoms with Crippen LogP contribution in [0.15, 0.2) is 4.99 Å². The Morgan fingerprint density at radius 3 is 2.07 bits per heavy atom. The van der Waals surface area contributed by atoms with Crippen LogP contribution >= 0.6 is 0 Å². The smallest absolute Gasteiger partial charge is 0.109 e. The minimum absolute atomic E-state index is 1.02. The van der Waals surface area contributed by atoms with E-state index in [1.54, 1.807) is 13.3 Å². The topological polar surface area (TPSA) is 27.6 Å². The maximum atomic E-state index is 3.61. The van der Waals surface area contributed by atoms with Crippen LogP contribution in [0, 0.1) is 0 Å². The van der Waals surface area contributed by atoms with Gasteiger partial charge in [-0.1, -0.05) is 0 Å². The van der Waals surface area contributed by atoms with Gasteiger partial charge in [0.1, 0.15) is 13.1 Å². The Bertz CT molecular complexity index is 156. The molecule has 0 amide bonds. The normalized spacial score (nSPS) is 21.8. The van der Waals surface area contributed by atoms with Gasteiger partial charge in [-0.2, -0.15) is 5.43 Å². The zero-order chi connectivity index (χ0) is 11.0. The van der Waals surface area contributed by atoms with E-state index in [0.29, 0.717) is 0 Å². The highest BCUT2D eigenvalue weighted by Crippen LogP contribution is 2.02. The van der Waals surface area contributed by atoms with E-state index >= 15 is 0 Å². The fraction of sp³-hybridized carbons (Fsp3) is 0.900. The Morgan fingerprint density at radius 2 is 1.79 bits per heavy atom. The van der Waals surface area contributed by atoms with Crippen molar-refractivity contribution in [3.05, 3.63) is 0 Å². The van der Waals surface area contributed by atoms with E-state index in [4.69, 9.17) is 0 Å². The second-order valence-corrected chi connectivity index (χ2v) is 3.89. The average Bonchev–Trinajstić information content (AvgIpc) is 2.23. The SMILES string of the molecule is CC=NC.CN[N+]1(C)CCN(C)CC1. The highest BCUT2D eigenvalue weighted by atomic mass is 15.6. The van der Waals surface area contributed by atoms with Crippen LogP contribution < -0.4 is 5.43 Å². The summed E-state index contributed by atoms with van der Waals surface area (Å²) in [5.74, 6) is 0. The molecule has 0 aromatic heterocycles. The van der Waals surface area contributed by atoms with Crippen molar-refractivity contribution < 1.29 is 4.59 Å². The fourth-order valence-corrected chi connectivity index (χ4v) is 1.23. The van der Waals surface area contributed by atoms with E-state index < -0.39 is 0 Å². The third-order valence-corrected chi connectivity index (χ3v) is 2.75. The number of aliphatic imine (C=N–C) groups is 1. The van der Waals surface area contributed by atoms with Gasteiger partial charge >= 0.3 is 0 Å². The van der Waals surface area contributed by atoms with Gasteiger partial charge < -0.3 is 4.99 Å². The second-order valence-electron chi connectivity index (χ2n) is 3.89. The highest BCUT2D eigenvalue weighted by molar-refractivity contribution is 5.52. The summed E-state index contributed by atoms with van der Waals surface area (Å²) in [6.45, 7) is 6.73. The summed E-state index contributed by atoms with van der Waals surface area (Å²) in [4.78, 5) is 5.98. The molecular formula is C10H25N4+. The second kappa shape index (κ2) is 6.92. The van der Waals surface area contributed by atoms with Crippen molar-refractivity contribution in [1.82, 2.24) is 10.3 Å². The van der Waals surface area contributed by atoms with E-state index in [1.807, 2.05) is 14.0 Å². The minimum Gasteiger partial charge on any atom is -0.301 e. The van der Waals surface area contributed by atoms with Gasteiger partial charge in [0.15, 0.2) is 0 Å². The van der Waals surface area contributed by atoms with Crippen molar-refractivity contribution >= 4 is 6.21 Å². The van der Waals surface area contributed by atoms with Gasteiger partial charge in [-0.05, 0) is 20.2 Å². The van der Waals surface area contributed by atoms with Gasteiger partial charge in [-0.15, -0.1) is 0 Å². The molecule has 1 rings (SSSR count). The number of nitrogens with zero attached hydrogens (tertiary/aromatic N) is 3. The van der Waals surface area contributed by atoms with Crippen molar-refractivity contribution in [3.8, 4) is 0 Å². The lowest BCUT2D eigenvalue weighted by molar-refractivity contribution is -0.953. The van der Waals surface area contributed by atoms with Gasteiger partial charge in [0.05, 0.1) is 7.05 Å². The van der Waals surface area contributed by atoms with Gasteiger partial charge in [0, 0.05) is 27.2 Å². The molecule has 1 aliphatic rings. The molecule has 0 saturated carbocycles. The monoisotopic (exact) mass is 201 g/mol. The molecule has 0 aromatic carbocycles. The quantitative estimate of drug-likeness (QED) is 0.485. The molecule has 1 aliphatic heterocycles. The number of likely N-dealkylation sites (N-methyl/N-ethyl adjacent to an activating group) is 2. The average molecular weight is 201 g/mol. The third-order valence-electron chi connectivity index (χ3n) is 2.75. The van der Waals surface area contributed by atoms with Crippen LogP contribution in [-0.4, -0.2) is 70.1 Å². The van der Waals surface area contributed by atoms with Crippen molar-refractivity contribution in [2.24, 2.45) is 4.99 Å². The highest BCUT2D eigenvalue weighted by Gasteiger charge is 2.25. The Labute approximate surface area is 88.2 Å². The molecule has 0 atom stereocenters. The van der Waals surface area contributed by atoms with Crippen LogP contribution in [0.2, 0.25) is 0 Å². The molecule has 84 valence electrons. The van der Waals surface area contributed by atoms with Crippen molar-refractivity contribution in [1.29, 1.82) is 0 Å². The minimum atomic E-state index is 1.02. The number of nitrogens with one attached hydrogen (secondary N) is 1. The van der Waals surface area contributed by atoms with Crippen LogP contribution in [0.5, 0.6) is 0 Å². The summed E-state index contributed by atoms with van der Waals surface area (Å²) in [5.41, 5.74) is 3.31. The molecule has 1 saturated heterocycles. The lowest BCUT2D eigenvalue weighted by atomic mass is 10.3. The van der Waals surface area contributed by atoms with Crippen LogP contribution in [0.1, 0.15) is 6.92 Å². The largest absolute Gasteiger partial charge is 0.301 e. The molecule has 1 fully saturated rings. The standard InChI is InChI=1S/C7H18N3.C3H7N/c1-8-10(3)6-4-9(2)5-7-10;1-3-4-2/h8H,4-7H2,1-3H3;3H,1-2H3/q+1;. The molecule has 0 spiro atoms. The Balaban J connectivity index is 0.000000364. The summed E-state index contributed by atoms with van der Waals surface area (Å²) in [7, 11) is 8.21. The van der Waals surface area contributed by atoms with Gasteiger partial charge in [0.2, 0.25) is 0 Å². The van der Waals surface area contributed by atoms with Crippen molar-refractivity contribution in [2.45, 2.75) is 6.92 Å². The number of rotatable bonds is 1. The molecule has 0 bridgehead atoms.